The average Bonchev–Trinajstić information content (AvgIpc) is 2.69. The van der Waals surface area contributed by atoms with Gasteiger partial charge < -0.3 is 19.3 Å². The Morgan fingerprint density at radius 1 is 1.59 bits per heavy atom. The van der Waals surface area contributed by atoms with Gasteiger partial charge >= 0.3 is 5.97 Å². The van der Waals surface area contributed by atoms with Crippen molar-refractivity contribution < 1.29 is 24.1 Å². The lowest BCUT2D eigenvalue weighted by molar-refractivity contribution is -0.147. The van der Waals surface area contributed by atoms with Crippen molar-refractivity contribution in [1.82, 2.24) is 0 Å². The smallest absolute Gasteiger partial charge is 0.346 e. The van der Waals surface area contributed by atoms with Gasteiger partial charge in [0.05, 0.1) is 7.11 Å². The first kappa shape index (κ1) is 11.7. The zero-order chi connectivity index (χ0) is 12.4. The number of fused-ring (bicyclic) bond motifs is 1. The van der Waals surface area contributed by atoms with Crippen LogP contribution in [-0.4, -0.2) is 30.9 Å². The van der Waals surface area contributed by atoms with Crippen molar-refractivity contribution in [1.29, 1.82) is 0 Å². The van der Waals surface area contributed by atoms with E-state index in [1.165, 1.54) is 7.11 Å². The summed E-state index contributed by atoms with van der Waals surface area (Å²) < 4.78 is 15.2. The maximum Gasteiger partial charge on any atom is 0.346 e. The van der Waals surface area contributed by atoms with Crippen LogP contribution in [0.25, 0.3) is 0 Å². The van der Waals surface area contributed by atoms with E-state index in [1.807, 2.05) is 0 Å². The highest BCUT2D eigenvalue weighted by molar-refractivity contribution is 5.74. The molecule has 1 aromatic carbocycles. The van der Waals surface area contributed by atoms with Crippen molar-refractivity contribution in [2.75, 3.05) is 13.7 Å². The highest BCUT2D eigenvalue weighted by Gasteiger charge is 2.23. The van der Waals surface area contributed by atoms with Crippen LogP contribution in [-0.2, 0) is 9.53 Å². The van der Waals surface area contributed by atoms with Crippen LogP contribution in [0, 0.1) is 0 Å². The second kappa shape index (κ2) is 4.63. The van der Waals surface area contributed by atoms with E-state index in [0.29, 0.717) is 11.5 Å². The molecule has 0 fully saturated rings. The van der Waals surface area contributed by atoms with Crippen LogP contribution in [0.3, 0.4) is 0 Å². The summed E-state index contributed by atoms with van der Waals surface area (Å²) in [5.41, 5.74) is 0.739. The van der Waals surface area contributed by atoms with E-state index in [-0.39, 0.29) is 6.61 Å². The number of carbonyl (C=O) groups is 1. The van der Waals surface area contributed by atoms with Gasteiger partial charge in [-0.05, 0) is 19.1 Å². The molecule has 2 atom stereocenters. The van der Waals surface area contributed by atoms with Gasteiger partial charge in [0.1, 0.15) is 24.2 Å². The number of aliphatic hydroxyl groups is 1. The van der Waals surface area contributed by atoms with Crippen LogP contribution in [0.4, 0.5) is 0 Å². The van der Waals surface area contributed by atoms with Gasteiger partial charge in [-0.3, -0.25) is 0 Å². The summed E-state index contributed by atoms with van der Waals surface area (Å²) in [5.74, 6) is 0.661. The van der Waals surface area contributed by atoms with E-state index in [1.54, 1.807) is 25.1 Å². The summed E-state index contributed by atoms with van der Waals surface area (Å²) in [5, 5.41) is 9.54. The molecule has 92 valence electrons. The molecule has 17 heavy (non-hydrogen) atoms. The van der Waals surface area contributed by atoms with Crippen molar-refractivity contribution >= 4 is 5.97 Å². The molecule has 0 aliphatic carbocycles. The van der Waals surface area contributed by atoms with Gasteiger partial charge in [0.15, 0.2) is 6.10 Å². The number of carbonyl (C=O) groups excluding carboxylic acids is 1. The highest BCUT2D eigenvalue weighted by atomic mass is 16.6. The summed E-state index contributed by atoms with van der Waals surface area (Å²) in [6, 6.07) is 5.08. The summed E-state index contributed by atoms with van der Waals surface area (Å²) in [6.45, 7) is 1.86. The van der Waals surface area contributed by atoms with Crippen molar-refractivity contribution in [3.05, 3.63) is 23.8 Å². The van der Waals surface area contributed by atoms with Crippen LogP contribution in [0.2, 0.25) is 0 Å². The first-order valence-corrected chi connectivity index (χ1v) is 5.31. The number of rotatable bonds is 3. The molecule has 2 rings (SSSR count). The third kappa shape index (κ3) is 2.34. The quantitative estimate of drug-likeness (QED) is 0.797. The zero-order valence-electron chi connectivity index (χ0n) is 9.67. The maximum absolute atomic E-state index is 11.2. The van der Waals surface area contributed by atoms with Gasteiger partial charge in [-0.25, -0.2) is 4.79 Å². The van der Waals surface area contributed by atoms with Crippen LogP contribution in [0.5, 0.6) is 11.5 Å². The summed E-state index contributed by atoms with van der Waals surface area (Å²) in [4.78, 5) is 11.2. The third-order valence-corrected chi connectivity index (χ3v) is 2.59. The molecule has 2 unspecified atom stereocenters. The van der Waals surface area contributed by atoms with Gasteiger partial charge in [0, 0.05) is 11.6 Å². The maximum atomic E-state index is 11.2. The molecule has 0 amide bonds. The average molecular weight is 238 g/mol. The van der Waals surface area contributed by atoms with Gasteiger partial charge in [-0.2, -0.15) is 0 Å². The number of aliphatic hydroxyl groups excluding tert-OH is 1. The van der Waals surface area contributed by atoms with Gasteiger partial charge in [0.2, 0.25) is 0 Å². The Bertz CT molecular complexity index is 429. The Morgan fingerprint density at radius 2 is 2.35 bits per heavy atom. The van der Waals surface area contributed by atoms with Crippen molar-refractivity contribution in [2.45, 2.75) is 19.1 Å². The lowest BCUT2D eigenvalue weighted by Gasteiger charge is -2.13. The minimum atomic E-state index is -0.677. The molecular weight excluding hydrogens is 224 g/mol. The molecule has 1 N–H and O–H groups in total. The predicted octanol–water partition coefficient (Wildman–Crippen LogP) is 1.05. The van der Waals surface area contributed by atoms with E-state index in [2.05, 4.69) is 4.74 Å². The number of ether oxygens (including phenoxy) is 3. The molecule has 1 aromatic rings. The molecule has 0 aromatic heterocycles. The van der Waals surface area contributed by atoms with Crippen LogP contribution < -0.4 is 9.47 Å². The topological polar surface area (TPSA) is 65.0 Å². The summed E-state index contributed by atoms with van der Waals surface area (Å²) in [7, 11) is 1.31. The Kier molecular flexibility index (Phi) is 3.19. The van der Waals surface area contributed by atoms with Crippen molar-refractivity contribution in [3.8, 4) is 11.5 Å². The van der Waals surface area contributed by atoms with E-state index >= 15 is 0 Å². The van der Waals surface area contributed by atoms with E-state index in [4.69, 9.17) is 9.47 Å². The Hall–Kier alpha value is -1.75. The molecule has 0 radical (unpaired) electrons. The molecule has 1 aliphatic heterocycles. The fourth-order valence-electron chi connectivity index (χ4n) is 1.66. The standard InChI is InChI=1S/C12H14O5/c1-7(12(14)15-2)17-8-3-4-9-10(13)6-16-11(9)5-8/h3-5,7,10,13H,6H2,1-2H3. The molecule has 1 aliphatic rings. The lowest BCUT2D eigenvalue weighted by Crippen LogP contribution is -2.24. The van der Waals surface area contributed by atoms with Crippen molar-refractivity contribution in [3.63, 3.8) is 0 Å². The molecule has 0 saturated carbocycles. The lowest BCUT2D eigenvalue weighted by atomic mass is 10.1. The van der Waals surface area contributed by atoms with Crippen LogP contribution in [0.15, 0.2) is 18.2 Å². The molecule has 5 nitrogen and oxygen atoms in total. The molecule has 0 bridgehead atoms. The molecular formula is C12H14O5. The second-order valence-electron chi connectivity index (χ2n) is 3.81. The largest absolute Gasteiger partial charge is 0.490 e. The molecule has 0 saturated heterocycles. The molecule has 1 heterocycles. The van der Waals surface area contributed by atoms with E-state index in [0.717, 1.165) is 5.56 Å². The van der Waals surface area contributed by atoms with Gasteiger partial charge in [0.25, 0.3) is 0 Å². The Labute approximate surface area is 98.9 Å². The minimum absolute atomic E-state index is 0.255. The molecule has 0 spiro atoms. The number of benzene rings is 1. The number of methoxy groups -OCH3 is 1. The number of hydrogen-bond donors (Lipinski definition) is 1. The normalized spacial score (nSPS) is 19.1. The van der Waals surface area contributed by atoms with Crippen LogP contribution >= 0.6 is 0 Å². The number of esters is 1. The molecule has 5 heteroatoms. The van der Waals surface area contributed by atoms with E-state index < -0.39 is 18.2 Å². The third-order valence-electron chi connectivity index (χ3n) is 2.59. The van der Waals surface area contributed by atoms with Crippen molar-refractivity contribution in [2.24, 2.45) is 0 Å². The Morgan fingerprint density at radius 3 is 3.06 bits per heavy atom. The fourth-order valence-corrected chi connectivity index (χ4v) is 1.66. The number of hydrogen-bond acceptors (Lipinski definition) is 5. The Balaban J connectivity index is 2.11. The zero-order valence-corrected chi connectivity index (χ0v) is 9.67. The fraction of sp³-hybridized carbons (Fsp3) is 0.417. The monoisotopic (exact) mass is 238 g/mol. The second-order valence-corrected chi connectivity index (χ2v) is 3.81. The van der Waals surface area contributed by atoms with Crippen LogP contribution in [0.1, 0.15) is 18.6 Å². The highest BCUT2D eigenvalue weighted by Crippen LogP contribution is 2.35. The predicted molar refractivity (Wildman–Crippen MR) is 59.0 cm³/mol. The first-order valence-electron chi connectivity index (χ1n) is 5.31. The SMILES string of the molecule is COC(=O)C(C)Oc1ccc2c(c1)OCC2O. The van der Waals surface area contributed by atoms with Gasteiger partial charge in [-0.15, -0.1) is 0 Å². The summed E-state index contributed by atoms with van der Waals surface area (Å²) >= 11 is 0. The van der Waals surface area contributed by atoms with E-state index in [9.17, 15) is 9.90 Å². The minimum Gasteiger partial charge on any atom is -0.490 e. The first-order chi connectivity index (χ1) is 8.11. The summed E-state index contributed by atoms with van der Waals surface area (Å²) in [6.07, 6.45) is -1.26. The van der Waals surface area contributed by atoms with Gasteiger partial charge in [-0.1, -0.05) is 0 Å².